The van der Waals surface area contributed by atoms with E-state index in [1.165, 1.54) is 19.1 Å². The summed E-state index contributed by atoms with van der Waals surface area (Å²) in [5, 5.41) is 0. The molecular formula is C7H5F2Y-. The molecule has 0 bridgehead atoms. The summed E-state index contributed by atoms with van der Waals surface area (Å²) < 4.78 is 24.5. The molecule has 0 aliphatic rings. The number of rotatable bonds is 0. The molecule has 0 unspecified atom stereocenters. The zero-order valence-electron chi connectivity index (χ0n) is 5.49. The molecule has 0 heterocycles. The SMILES string of the molecule is Cc1cc[c-]c(F)c1F.[Y]. The second-order valence-corrected chi connectivity index (χ2v) is 1.79. The predicted molar refractivity (Wildman–Crippen MR) is 29.9 cm³/mol. The van der Waals surface area contributed by atoms with Gasteiger partial charge in [-0.25, -0.2) is 4.39 Å². The van der Waals surface area contributed by atoms with Crippen molar-refractivity contribution in [2.45, 2.75) is 6.92 Å². The fraction of sp³-hybridized carbons (Fsp3) is 0.143. The van der Waals surface area contributed by atoms with Crippen LogP contribution in [0.1, 0.15) is 5.56 Å². The third-order valence-corrected chi connectivity index (χ3v) is 1.08. The number of halogens is 2. The van der Waals surface area contributed by atoms with Gasteiger partial charge in [0.2, 0.25) is 0 Å². The second kappa shape index (κ2) is 4.14. The first kappa shape index (κ1) is 10.2. The van der Waals surface area contributed by atoms with Crippen LogP contribution in [0.2, 0.25) is 0 Å². The Balaban J connectivity index is 0.000000810. The molecule has 0 atom stereocenters. The number of aryl methyl sites for hydroxylation is 1. The summed E-state index contributed by atoms with van der Waals surface area (Å²) in [6.07, 6.45) is 0. The fourth-order valence-corrected chi connectivity index (χ4v) is 0.549. The maximum Gasteiger partial charge on any atom is 0.0463 e. The average molecular weight is 216 g/mol. The number of hydrogen-bond acceptors (Lipinski definition) is 0. The Hall–Kier alpha value is 0.184. The van der Waals surface area contributed by atoms with Gasteiger partial charge in [-0.2, -0.15) is 12.1 Å². The van der Waals surface area contributed by atoms with Crippen molar-refractivity contribution in [2.24, 2.45) is 0 Å². The molecule has 0 aliphatic carbocycles. The summed E-state index contributed by atoms with van der Waals surface area (Å²) in [7, 11) is 0. The minimum Gasteiger partial charge on any atom is -0.281 e. The van der Waals surface area contributed by atoms with Gasteiger partial charge in [0.05, 0.1) is 0 Å². The van der Waals surface area contributed by atoms with Gasteiger partial charge in [-0.15, -0.1) is 11.6 Å². The first-order valence-corrected chi connectivity index (χ1v) is 2.54. The van der Waals surface area contributed by atoms with E-state index in [2.05, 4.69) is 6.07 Å². The standard InChI is InChI=1S/C7H5F2.Y/c1-5-3-2-4-6(8)7(5)9;/h2-3H,1H3;/q-1;. The van der Waals surface area contributed by atoms with Crippen LogP contribution >= 0.6 is 0 Å². The molecule has 0 amide bonds. The van der Waals surface area contributed by atoms with E-state index < -0.39 is 11.6 Å². The third-order valence-electron chi connectivity index (χ3n) is 1.08. The molecule has 0 saturated carbocycles. The van der Waals surface area contributed by atoms with Crippen LogP contribution in [0.25, 0.3) is 0 Å². The summed E-state index contributed by atoms with van der Waals surface area (Å²) in [6.45, 7) is 1.51. The molecule has 0 saturated heterocycles. The minimum absolute atomic E-state index is 0. The van der Waals surface area contributed by atoms with Crippen molar-refractivity contribution in [1.29, 1.82) is 0 Å². The van der Waals surface area contributed by atoms with Crippen LogP contribution < -0.4 is 0 Å². The predicted octanol–water partition coefficient (Wildman–Crippen LogP) is 2.07. The van der Waals surface area contributed by atoms with Crippen molar-refractivity contribution in [3.8, 4) is 0 Å². The van der Waals surface area contributed by atoms with Crippen molar-refractivity contribution >= 4 is 0 Å². The van der Waals surface area contributed by atoms with Gasteiger partial charge in [0.15, 0.2) is 0 Å². The molecule has 1 aromatic rings. The van der Waals surface area contributed by atoms with E-state index in [0.29, 0.717) is 5.56 Å². The number of benzene rings is 1. The molecular weight excluding hydrogens is 211 g/mol. The summed E-state index contributed by atoms with van der Waals surface area (Å²) in [6, 6.07) is 4.92. The fourth-order valence-electron chi connectivity index (χ4n) is 0.549. The van der Waals surface area contributed by atoms with E-state index in [-0.39, 0.29) is 32.7 Å². The molecule has 51 valence electrons. The molecule has 1 rings (SSSR count). The van der Waals surface area contributed by atoms with Crippen molar-refractivity contribution in [1.82, 2.24) is 0 Å². The monoisotopic (exact) mass is 216 g/mol. The quantitative estimate of drug-likeness (QED) is 0.582. The van der Waals surface area contributed by atoms with Crippen LogP contribution in [0.3, 0.4) is 0 Å². The van der Waals surface area contributed by atoms with Crippen LogP contribution in [0, 0.1) is 24.6 Å². The van der Waals surface area contributed by atoms with Crippen molar-refractivity contribution in [3.63, 3.8) is 0 Å². The van der Waals surface area contributed by atoms with E-state index in [9.17, 15) is 8.78 Å². The topological polar surface area (TPSA) is 0 Å². The van der Waals surface area contributed by atoms with Crippen LogP contribution in [0.4, 0.5) is 8.78 Å². The molecule has 10 heavy (non-hydrogen) atoms. The molecule has 1 aromatic carbocycles. The maximum atomic E-state index is 12.3. The van der Waals surface area contributed by atoms with Crippen LogP contribution in [0.5, 0.6) is 0 Å². The second-order valence-electron chi connectivity index (χ2n) is 1.79. The summed E-state index contributed by atoms with van der Waals surface area (Å²) in [5.41, 5.74) is 0.311. The van der Waals surface area contributed by atoms with E-state index in [0.717, 1.165) is 0 Å². The molecule has 0 nitrogen and oxygen atoms in total. The Morgan fingerprint density at radius 2 is 2.00 bits per heavy atom. The van der Waals surface area contributed by atoms with Crippen molar-refractivity contribution in [3.05, 3.63) is 35.4 Å². The third kappa shape index (κ3) is 2.10. The summed E-state index contributed by atoms with van der Waals surface area (Å²) >= 11 is 0. The van der Waals surface area contributed by atoms with Crippen LogP contribution in [-0.2, 0) is 32.7 Å². The zero-order chi connectivity index (χ0) is 6.85. The molecule has 0 aromatic heterocycles. The average Bonchev–Trinajstić information content (AvgIpc) is 1.83. The molecule has 0 N–H and O–H groups in total. The van der Waals surface area contributed by atoms with E-state index >= 15 is 0 Å². The Morgan fingerprint density at radius 3 is 2.40 bits per heavy atom. The molecule has 0 spiro atoms. The maximum absolute atomic E-state index is 12.3. The molecule has 1 radical (unpaired) electrons. The van der Waals surface area contributed by atoms with Gasteiger partial charge in [0, 0.05) is 44.3 Å². The van der Waals surface area contributed by atoms with Gasteiger partial charge in [-0.05, 0) is 0 Å². The summed E-state index contributed by atoms with van der Waals surface area (Å²) in [5.74, 6) is -1.72. The van der Waals surface area contributed by atoms with Gasteiger partial charge < -0.3 is 0 Å². The molecule has 3 heteroatoms. The van der Waals surface area contributed by atoms with Gasteiger partial charge in [-0.1, -0.05) is 6.92 Å². The first-order valence-electron chi connectivity index (χ1n) is 2.54. The van der Waals surface area contributed by atoms with Crippen molar-refractivity contribution < 1.29 is 41.5 Å². The Bertz CT molecular complexity index is 203. The van der Waals surface area contributed by atoms with Crippen molar-refractivity contribution in [2.75, 3.05) is 0 Å². The Labute approximate surface area is 83.5 Å². The largest absolute Gasteiger partial charge is 0.281 e. The van der Waals surface area contributed by atoms with Gasteiger partial charge in [-0.3, -0.25) is 4.39 Å². The normalized spacial score (nSPS) is 8.70. The Kier molecular flexibility index (Phi) is 4.22. The van der Waals surface area contributed by atoms with Gasteiger partial charge >= 0.3 is 0 Å². The smallest absolute Gasteiger partial charge is 0.0463 e. The van der Waals surface area contributed by atoms with E-state index in [1.54, 1.807) is 0 Å². The zero-order valence-corrected chi connectivity index (χ0v) is 8.33. The van der Waals surface area contributed by atoms with Crippen LogP contribution in [0.15, 0.2) is 12.1 Å². The molecule has 0 fully saturated rings. The van der Waals surface area contributed by atoms with E-state index in [4.69, 9.17) is 0 Å². The van der Waals surface area contributed by atoms with E-state index in [1.807, 2.05) is 0 Å². The number of hydrogen-bond donors (Lipinski definition) is 0. The van der Waals surface area contributed by atoms with Crippen LogP contribution in [-0.4, -0.2) is 0 Å². The first-order chi connectivity index (χ1) is 4.22. The summed E-state index contributed by atoms with van der Waals surface area (Å²) in [4.78, 5) is 0. The Morgan fingerprint density at radius 1 is 1.40 bits per heavy atom. The molecule has 0 aliphatic heterocycles. The van der Waals surface area contributed by atoms with Gasteiger partial charge in [0.25, 0.3) is 0 Å². The van der Waals surface area contributed by atoms with Gasteiger partial charge in [0.1, 0.15) is 0 Å². The minimum atomic E-state index is -0.907.